The first-order chi connectivity index (χ1) is 16.7. The molecule has 0 N–H and O–H groups in total. The molecular formula is C25H29NO8S. The van der Waals surface area contributed by atoms with Crippen molar-refractivity contribution in [1.82, 2.24) is 4.31 Å². The minimum atomic E-state index is -4.01. The highest BCUT2D eigenvalue weighted by atomic mass is 32.2. The van der Waals surface area contributed by atoms with Crippen LogP contribution in [0.3, 0.4) is 0 Å². The van der Waals surface area contributed by atoms with Crippen LogP contribution in [0.1, 0.15) is 23.1 Å². The highest BCUT2D eigenvalue weighted by molar-refractivity contribution is 7.89. The maximum atomic E-state index is 13.7. The van der Waals surface area contributed by atoms with E-state index in [0.717, 1.165) is 25.3 Å². The molecule has 10 heteroatoms. The number of fused-ring (bicyclic) bond motifs is 1. The van der Waals surface area contributed by atoms with Crippen molar-refractivity contribution in [2.45, 2.75) is 24.7 Å². The molecule has 0 spiro atoms. The van der Waals surface area contributed by atoms with E-state index in [1.165, 1.54) is 30.7 Å². The van der Waals surface area contributed by atoms with Gasteiger partial charge in [-0.25, -0.2) is 8.42 Å². The lowest BCUT2D eigenvalue weighted by atomic mass is 10.00. The summed E-state index contributed by atoms with van der Waals surface area (Å²) in [7, 11) is 1.33. The number of hydrogen-bond acceptors (Lipinski definition) is 8. The number of hydrogen-bond donors (Lipinski definition) is 0. The van der Waals surface area contributed by atoms with Gasteiger partial charge in [0.1, 0.15) is 0 Å². The Morgan fingerprint density at radius 2 is 1.51 bits per heavy atom. The zero-order chi connectivity index (χ0) is 25.8. The summed E-state index contributed by atoms with van der Waals surface area (Å²) in [5.74, 6) is -2.00. The van der Waals surface area contributed by atoms with Crippen molar-refractivity contribution in [3.8, 4) is 11.5 Å². The summed E-state index contributed by atoms with van der Waals surface area (Å²) < 4.78 is 49.1. The number of esters is 2. The van der Waals surface area contributed by atoms with Gasteiger partial charge >= 0.3 is 11.9 Å². The topological polar surface area (TPSA) is 108 Å². The van der Waals surface area contributed by atoms with E-state index >= 15 is 0 Å². The summed E-state index contributed by atoms with van der Waals surface area (Å²) in [5.41, 5.74) is 2.68. The van der Waals surface area contributed by atoms with Gasteiger partial charge in [-0.2, -0.15) is 0 Å². The highest BCUT2D eigenvalue weighted by Crippen LogP contribution is 2.36. The van der Waals surface area contributed by atoms with Crippen molar-refractivity contribution < 1.29 is 37.0 Å². The molecule has 0 radical (unpaired) electrons. The number of allylic oxidation sites excluding steroid dienone is 1. The van der Waals surface area contributed by atoms with Gasteiger partial charge in [-0.05, 0) is 54.8 Å². The number of carbonyl (C=O) groups excluding carboxylic acids is 2. The zero-order valence-corrected chi connectivity index (χ0v) is 21.2. The summed E-state index contributed by atoms with van der Waals surface area (Å²) in [6, 6.07) is 10.0. The van der Waals surface area contributed by atoms with Crippen LogP contribution in [0.25, 0.3) is 6.08 Å². The molecule has 0 aromatic heterocycles. The van der Waals surface area contributed by atoms with E-state index < -0.39 is 27.9 Å². The van der Waals surface area contributed by atoms with Crippen molar-refractivity contribution in [1.29, 1.82) is 0 Å². The van der Waals surface area contributed by atoms with Gasteiger partial charge in [-0.1, -0.05) is 17.7 Å². The van der Waals surface area contributed by atoms with Crippen LogP contribution in [0.2, 0.25) is 0 Å². The molecule has 0 fully saturated rings. The van der Waals surface area contributed by atoms with Crippen LogP contribution in [-0.2, 0) is 35.5 Å². The Labute approximate surface area is 205 Å². The monoisotopic (exact) mass is 503 g/mol. The van der Waals surface area contributed by atoms with E-state index in [-0.39, 0.29) is 23.6 Å². The minimum absolute atomic E-state index is 0.0829. The molecule has 1 aliphatic rings. The van der Waals surface area contributed by atoms with Gasteiger partial charge in [0.2, 0.25) is 0 Å². The van der Waals surface area contributed by atoms with Crippen LogP contribution in [0.15, 0.2) is 47.0 Å². The van der Waals surface area contributed by atoms with Gasteiger partial charge in [0.05, 0.1) is 33.3 Å². The number of carbonyl (C=O) groups is 2. The summed E-state index contributed by atoms with van der Waals surface area (Å²) in [6.45, 7) is 1.95. The van der Waals surface area contributed by atoms with E-state index in [1.54, 1.807) is 30.3 Å². The van der Waals surface area contributed by atoms with Crippen LogP contribution in [0, 0.1) is 12.8 Å². The predicted molar refractivity (Wildman–Crippen MR) is 128 cm³/mol. The number of ether oxygens (including phenoxy) is 4. The van der Waals surface area contributed by atoms with Crippen molar-refractivity contribution in [3.63, 3.8) is 0 Å². The number of rotatable bonds is 8. The molecule has 1 heterocycles. The van der Waals surface area contributed by atoms with E-state index in [1.807, 2.05) is 6.92 Å². The molecule has 0 saturated carbocycles. The first-order valence-electron chi connectivity index (χ1n) is 10.9. The van der Waals surface area contributed by atoms with Crippen LogP contribution in [0.5, 0.6) is 11.5 Å². The minimum Gasteiger partial charge on any atom is -0.493 e. The van der Waals surface area contributed by atoms with Gasteiger partial charge in [-0.15, -0.1) is 0 Å². The molecule has 2 aromatic rings. The molecule has 0 bridgehead atoms. The van der Waals surface area contributed by atoms with E-state index in [4.69, 9.17) is 18.9 Å². The van der Waals surface area contributed by atoms with E-state index in [0.29, 0.717) is 23.5 Å². The summed E-state index contributed by atoms with van der Waals surface area (Å²) in [6.07, 6.45) is 1.77. The molecule has 188 valence electrons. The number of nitrogens with zero attached hydrogens (tertiary/aromatic N) is 1. The first kappa shape index (κ1) is 26.1. The predicted octanol–water partition coefficient (Wildman–Crippen LogP) is 2.95. The highest BCUT2D eigenvalue weighted by Gasteiger charge is 2.35. The Bertz CT molecular complexity index is 1220. The van der Waals surface area contributed by atoms with Gasteiger partial charge in [-0.3, -0.25) is 13.9 Å². The number of methoxy groups -OCH3 is 4. The number of aryl methyl sites for hydroxylation is 1. The van der Waals surface area contributed by atoms with Crippen molar-refractivity contribution in [3.05, 3.63) is 58.8 Å². The third kappa shape index (κ3) is 5.43. The standard InChI is InChI=1S/C25H29NO8S/c1-16-6-8-20(9-7-16)35(29,30)26-11-10-17-13-22(31-2)23(32-3)14-18(17)12-19(26)15-21(24(27)33-4)25(28)34-5/h6-9,12-14,21H,10-11,15H2,1-5H3. The zero-order valence-electron chi connectivity index (χ0n) is 20.4. The Morgan fingerprint density at radius 1 is 0.943 bits per heavy atom. The lowest BCUT2D eigenvalue weighted by molar-refractivity contribution is -0.158. The molecule has 0 saturated heterocycles. The third-order valence-electron chi connectivity index (χ3n) is 5.87. The SMILES string of the molecule is COC(=O)C(CC1=Cc2cc(OC)c(OC)cc2CCN1S(=O)(=O)c1ccc(C)cc1)C(=O)OC. The molecule has 1 aliphatic heterocycles. The van der Waals surface area contributed by atoms with Crippen molar-refractivity contribution in [2.75, 3.05) is 35.0 Å². The first-order valence-corrected chi connectivity index (χ1v) is 12.3. The molecule has 3 rings (SSSR count). The molecule has 0 atom stereocenters. The van der Waals surface area contributed by atoms with Gasteiger partial charge in [0, 0.05) is 18.7 Å². The second kappa shape index (κ2) is 10.8. The summed E-state index contributed by atoms with van der Waals surface area (Å²) in [5, 5.41) is 0. The Morgan fingerprint density at radius 3 is 2.06 bits per heavy atom. The lowest BCUT2D eigenvalue weighted by Crippen LogP contribution is -2.35. The summed E-state index contributed by atoms with van der Waals surface area (Å²) >= 11 is 0. The lowest BCUT2D eigenvalue weighted by Gasteiger charge is -2.27. The van der Waals surface area contributed by atoms with Crippen molar-refractivity contribution in [2.24, 2.45) is 5.92 Å². The smallest absolute Gasteiger partial charge is 0.320 e. The molecule has 0 aliphatic carbocycles. The second-order valence-corrected chi connectivity index (χ2v) is 9.85. The Kier molecular flexibility index (Phi) is 8.06. The second-order valence-electron chi connectivity index (χ2n) is 7.98. The molecular weight excluding hydrogens is 474 g/mol. The Hall–Kier alpha value is -3.53. The normalized spacial score (nSPS) is 13.4. The maximum absolute atomic E-state index is 13.7. The quantitative estimate of drug-likeness (QED) is 0.400. The molecule has 2 aromatic carbocycles. The fraction of sp³-hybridized carbons (Fsp3) is 0.360. The van der Waals surface area contributed by atoms with E-state index in [2.05, 4.69) is 0 Å². The largest absolute Gasteiger partial charge is 0.493 e. The van der Waals surface area contributed by atoms with Crippen LogP contribution < -0.4 is 9.47 Å². The Balaban J connectivity index is 2.17. The van der Waals surface area contributed by atoms with Gasteiger partial charge < -0.3 is 18.9 Å². The average Bonchev–Trinajstić information content (AvgIpc) is 3.04. The van der Waals surface area contributed by atoms with E-state index in [9.17, 15) is 18.0 Å². The van der Waals surface area contributed by atoms with Crippen LogP contribution in [-0.4, -0.2) is 59.6 Å². The molecule has 9 nitrogen and oxygen atoms in total. The van der Waals surface area contributed by atoms with Gasteiger partial charge in [0.15, 0.2) is 17.4 Å². The fourth-order valence-electron chi connectivity index (χ4n) is 3.93. The molecule has 0 unspecified atom stereocenters. The van der Waals surface area contributed by atoms with Gasteiger partial charge in [0.25, 0.3) is 10.0 Å². The number of benzene rings is 2. The summed E-state index contributed by atoms with van der Waals surface area (Å²) in [4.78, 5) is 24.9. The van der Waals surface area contributed by atoms with Crippen LogP contribution in [0.4, 0.5) is 0 Å². The molecule has 35 heavy (non-hydrogen) atoms. The molecule has 0 amide bonds. The third-order valence-corrected chi connectivity index (χ3v) is 7.73. The average molecular weight is 504 g/mol. The van der Waals surface area contributed by atoms with Crippen molar-refractivity contribution >= 4 is 28.0 Å². The fourth-order valence-corrected chi connectivity index (χ4v) is 5.44. The number of sulfonamides is 1. The maximum Gasteiger partial charge on any atom is 0.320 e. The van der Waals surface area contributed by atoms with Crippen LogP contribution >= 0.6 is 0 Å².